The first-order chi connectivity index (χ1) is 8.08. The standard InChI is InChI=1S/C12H17N3OS/c1-9(2)14-11(16)8-13-12(17)15-10-6-4-3-5-7-10/h3-7,9H,8H2,1-2H3,(H,14,16)(H2,13,15,17). The summed E-state index contributed by atoms with van der Waals surface area (Å²) < 4.78 is 0. The summed E-state index contributed by atoms with van der Waals surface area (Å²) in [5, 5.41) is 9.05. The molecule has 0 spiro atoms. The van der Waals surface area contributed by atoms with Gasteiger partial charge in [0, 0.05) is 11.7 Å². The van der Waals surface area contributed by atoms with E-state index in [0.717, 1.165) is 5.69 Å². The summed E-state index contributed by atoms with van der Waals surface area (Å²) in [6, 6.07) is 9.70. The number of hydrogen-bond acceptors (Lipinski definition) is 2. The van der Waals surface area contributed by atoms with E-state index in [4.69, 9.17) is 12.2 Å². The van der Waals surface area contributed by atoms with Crippen molar-refractivity contribution in [1.29, 1.82) is 0 Å². The van der Waals surface area contributed by atoms with Crippen molar-refractivity contribution in [2.45, 2.75) is 19.9 Å². The van der Waals surface area contributed by atoms with E-state index < -0.39 is 0 Å². The lowest BCUT2D eigenvalue weighted by Gasteiger charge is -2.12. The number of amides is 1. The van der Waals surface area contributed by atoms with Crippen molar-refractivity contribution < 1.29 is 4.79 Å². The minimum atomic E-state index is -0.0720. The molecule has 0 aromatic heterocycles. The highest BCUT2D eigenvalue weighted by atomic mass is 32.1. The Balaban J connectivity index is 2.29. The van der Waals surface area contributed by atoms with Crippen LogP contribution in [-0.2, 0) is 4.79 Å². The molecule has 4 nitrogen and oxygen atoms in total. The number of rotatable bonds is 4. The topological polar surface area (TPSA) is 53.2 Å². The van der Waals surface area contributed by atoms with Crippen LogP contribution in [0.4, 0.5) is 5.69 Å². The number of hydrogen-bond donors (Lipinski definition) is 3. The van der Waals surface area contributed by atoms with Crippen molar-refractivity contribution in [2.24, 2.45) is 0 Å². The summed E-state index contributed by atoms with van der Waals surface area (Å²) >= 11 is 5.07. The summed E-state index contributed by atoms with van der Waals surface area (Å²) in [4.78, 5) is 11.3. The molecule has 0 unspecified atom stereocenters. The van der Waals surface area contributed by atoms with Crippen LogP contribution < -0.4 is 16.0 Å². The summed E-state index contributed by atoms with van der Waals surface area (Å²) in [7, 11) is 0. The maximum Gasteiger partial charge on any atom is 0.239 e. The first kappa shape index (κ1) is 13.4. The van der Waals surface area contributed by atoms with Crippen LogP contribution >= 0.6 is 12.2 Å². The lowest BCUT2D eigenvalue weighted by atomic mass is 10.3. The van der Waals surface area contributed by atoms with Gasteiger partial charge in [0.15, 0.2) is 5.11 Å². The van der Waals surface area contributed by atoms with Crippen molar-refractivity contribution in [3.8, 4) is 0 Å². The van der Waals surface area contributed by atoms with E-state index in [1.807, 2.05) is 44.2 Å². The van der Waals surface area contributed by atoms with E-state index in [2.05, 4.69) is 16.0 Å². The highest BCUT2D eigenvalue weighted by Crippen LogP contribution is 2.03. The van der Waals surface area contributed by atoms with Crippen LogP contribution in [0.1, 0.15) is 13.8 Å². The van der Waals surface area contributed by atoms with E-state index in [0.29, 0.717) is 5.11 Å². The second-order valence-electron chi connectivity index (χ2n) is 3.90. The molecule has 0 aliphatic carbocycles. The van der Waals surface area contributed by atoms with E-state index in [-0.39, 0.29) is 18.5 Å². The fraction of sp³-hybridized carbons (Fsp3) is 0.333. The summed E-state index contributed by atoms with van der Waals surface area (Å²) in [6.45, 7) is 4.01. The van der Waals surface area contributed by atoms with Gasteiger partial charge >= 0.3 is 0 Å². The van der Waals surface area contributed by atoms with Crippen molar-refractivity contribution in [2.75, 3.05) is 11.9 Å². The predicted octanol–water partition coefficient (Wildman–Crippen LogP) is 1.50. The van der Waals surface area contributed by atoms with Gasteiger partial charge in [-0.3, -0.25) is 4.79 Å². The maximum atomic E-state index is 11.3. The van der Waals surface area contributed by atoms with Crippen molar-refractivity contribution in [1.82, 2.24) is 10.6 Å². The number of anilines is 1. The van der Waals surface area contributed by atoms with E-state index in [9.17, 15) is 4.79 Å². The fourth-order valence-electron chi connectivity index (χ4n) is 1.23. The summed E-state index contributed by atoms with van der Waals surface area (Å²) in [5.41, 5.74) is 0.897. The third-order valence-electron chi connectivity index (χ3n) is 1.89. The predicted molar refractivity (Wildman–Crippen MR) is 73.9 cm³/mol. The second-order valence-corrected chi connectivity index (χ2v) is 4.30. The van der Waals surface area contributed by atoms with Crippen LogP contribution in [0.3, 0.4) is 0 Å². The largest absolute Gasteiger partial charge is 0.353 e. The Hall–Kier alpha value is -1.62. The molecular weight excluding hydrogens is 234 g/mol. The number of carbonyl (C=O) groups is 1. The van der Waals surface area contributed by atoms with Gasteiger partial charge in [0.1, 0.15) is 0 Å². The van der Waals surface area contributed by atoms with Crippen molar-refractivity contribution >= 4 is 28.9 Å². The van der Waals surface area contributed by atoms with Crippen molar-refractivity contribution in [3.05, 3.63) is 30.3 Å². The van der Waals surface area contributed by atoms with Gasteiger partial charge in [-0.25, -0.2) is 0 Å². The molecule has 1 aromatic carbocycles. The van der Waals surface area contributed by atoms with E-state index in [1.165, 1.54) is 0 Å². The number of carbonyl (C=O) groups excluding carboxylic acids is 1. The molecule has 0 radical (unpaired) electrons. The zero-order chi connectivity index (χ0) is 12.7. The van der Waals surface area contributed by atoms with Gasteiger partial charge < -0.3 is 16.0 Å². The first-order valence-corrected chi connectivity index (χ1v) is 5.88. The van der Waals surface area contributed by atoms with Crippen LogP contribution in [0.5, 0.6) is 0 Å². The molecule has 0 bridgehead atoms. The Kier molecular flexibility index (Phi) is 5.42. The molecule has 1 amide bonds. The van der Waals surface area contributed by atoms with Gasteiger partial charge in [0.2, 0.25) is 5.91 Å². The Bertz CT molecular complexity index is 379. The van der Waals surface area contributed by atoms with Gasteiger partial charge in [0.05, 0.1) is 6.54 Å². The lowest BCUT2D eigenvalue weighted by Crippen LogP contribution is -2.41. The Morgan fingerprint density at radius 2 is 1.94 bits per heavy atom. The molecule has 17 heavy (non-hydrogen) atoms. The molecule has 3 N–H and O–H groups in total. The zero-order valence-electron chi connectivity index (χ0n) is 9.99. The third kappa shape index (κ3) is 5.87. The summed E-state index contributed by atoms with van der Waals surface area (Å²) in [6.07, 6.45) is 0. The molecule has 0 saturated carbocycles. The van der Waals surface area contributed by atoms with E-state index >= 15 is 0 Å². The molecule has 1 aromatic rings. The van der Waals surface area contributed by atoms with Crippen molar-refractivity contribution in [3.63, 3.8) is 0 Å². The Morgan fingerprint density at radius 1 is 1.29 bits per heavy atom. The van der Waals surface area contributed by atoms with Gasteiger partial charge in [-0.2, -0.15) is 0 Å². The monoisotopic (exact) mass is 251 g/mol. The van der Waals surface area contributed by atoms with Crippen LogP contribution in [0, 0.1) is 0 Å². The van der Waals surface area contributed by atoms with E-state index in [1.54, 1.807) is 0 Å². The lowest BCUT2D eigenvalue weighted by molar-refractivity contribution is -0.120. The molecule has 1 rings (SSSR count). The Labute approximate surface area is 107 Å². The summed E-state index contributed by atoms with van der Waals surface area (Å²) in [5.74, 6) is -0.0720. The normalized spacial score (nSPS) is 9.82. The zero-order valence-corrected chi connectivity index (χ0v) is 10.8. The molecule has 0 aliphatic rings. The highest BCUT2D eigenvalue weighted by molar-refractivity contribution is 7.80. The maximum absolute atomic E-state index is 11.3. The molecule has 0 fully saturated rings. The molecule has 0 aliphatic heterocycles. The Morgan fingerprint density at radius 3 is 2.53 bits per heavy atom. The van der Waals surface area contributed by atoms with Gasteiger partial charge in [-0.15, -0.1) is 0 Å². The van der Waals surface area contributed by atoms with Gasteiger partial charge in [-0.1, -0.05) is 18.2 Å². The molecule has 5 heteroatoms. The highest BCUT2D eigenvalue weighted by Gasteiger charge is 2.03. The number of nitrogens with one attached hydrogen (secondary N) is 3. The number of benzene rings is 1. The van der Waals surface area contributed by atoms with Crippen LogP contribution in [0.25, 0.3) is 0 Å². The van der Waals surface area contributed by atoms with Crippen LogP contribution in [0.15, 0.2) is 30.3 Å². The number of thiocarbonyl (C=S) groups is 1. The average Bonchev–Trinajstić information content (AvgIpc) is 2.27. The molecule has 0 saturated heterocycles. The number of para-hydroxylation sites is 1. The van der Waals surface area contributed by atoms with Gasteiger partial charge in [-0.05, 0) is 38.2 Å². The first-order valence-electron chi connectivity index (χ1n) is 5.47. The fourth-order valence-corrected chi connectivity index (χ4v) is 1.42. The third-order valence-corrected chi connectivity index (χ3v) is 2.14. The average molecular weight is 251 g/mol. The van der Waals surface area contributed by atoms with Crippen LogP contribution in [0.2, 0.25) is 0 Å². The SMILES string of the molecule is CC(C)NC(=O)CNC(=S)Nc1ccccc1. The molecular formula is C12H17N3OS. The molecule has 0 heterocycles. The minimum Gasteiger partial charge on any atom is -0.353 e. The molecule has 92 valence electrons. The molecule has 0 atom stereocenters. The van der Waals surface area contributed by atoms with Gasteiger partial charge in [0.25, 0.3) is 0 Å². The van der Waals surface area contributed by atoms with Crippen LogP contribution in [-0.4, -0.2) is 23.6 Å². The second kappa shape index (κ2) is 6.85. The minimum absolute atomic E-state index is 0.0720. The smallest absolute Gasteiger partial charge is 0.239 e. The quantitative estimate of drug-likeness (QED) is 0.710.